The van der Waals surface area contributed by atoms with E-state index in [0.29, 0.717) is 19.1 Å². The van der Waals surface area contributed by atoms with Crippen LogP contribution >= 0.6 is 0 Å². The molecular formula is C12H23N3O3. The number of hydrogen-bond donors (Lipinski definition) is 2. The van der Waals surface area contributed by atoms with Crippen LogP contribution < -0.4 is 5.32 Å². The standard InChI is InChI=1S/C12H23N3O3/c1-4-14(5-2)10-6-7-15(8-10)12(18)13-9(3)11(16)17/h9-10H,4-8H2,1-3H3,(H,13,18)(H,16,17)/t9-,10?/m1/s1. The van der Waals surface area contributed by atoms with Crippen LogP contribution in [0.5, 0.6) is 0 Å². The van der Waals surface area contributed by atoms with E-state index in [2.05, 4.69) is 24.1 Å². The number of carboxylic acids is 1. The Hall–Kier alpha value is -1.30. The molecule has 2 amide bonds. The molecule has 0 saturated carbocycles. The summed E-state index contributed by atoms with van der Waals surface area (Å²) < 4.78 is 0. The van der Waals surface area contributed by atoms with Crippen molar-refractivity contribution in [1.82, 2.24) is 15.1 Å². The first kappa shape index (κ1) is 14.8. The summed E-state index contributed by atoms with van der Waals surface area (Å²) in [5.41, 5.74) is 0. The van der Waals surface area contributed by atoms with E-state index in [1.54, 1.807) is 4.90 Å². The van der Waals surface area contributed by atoms with Crippen LogP contribution in [0.1, 0.15) is 27.2 Å². The molecule has 6 nitrogen and oxygen atoms in total. The lowest BCUT2D eigenvalue weighted by atomic mass is 10.2. The topological polar surface area (TPSA) is 72.9 Å². The maximum atomic E-state index is 11.8. The monoisotopic (exact) mass is 257 g/mol. The molecule has 1 saturated heterocycles. The number of amides is 2. The highest BCUT2D eigenvalue weighted by Gasteiger charge is 2.30. The van der Waals surface area contributed by atoms with Gasteiger partial charge < -0.3 is 15.3 Å². The third kappa shape index (κ3) is 3.60. The first-order chi connectivity index (χ1) is 8.49. The molecule has 0 spiro atoms. The lowest BCUT2D eigenvalue weighted by Gasteiger charge is -2.26. The van der Waals surface area contributed by atoms with E-state index in [-0.39, 0.29) is 6.03 Å². The molecule has 0 aromatic heterocycles. The van der Waals surface area contributed by atoms with Gasteiger partial charge >= 0.3 is 12.0 Å². The van der Waals surface area contributed by atoms with Crippen molar-refractivity contribution in [2.75, 3.05) is 26.2 Å². The Morgan fingerprint density at radius 3 is 2.56 bits per heavy atom. The summed E-state index contributed by atoms with van der Waals surface area (Å²) in [4.78, 5) is 26.5. The van der Waals surface area contributed by atoms with Crippen molar-refractivity contribution in [3.8, 4) is 0 Å². The zero-order valence-corrected chi connectivity index (χ0v) is 11.3. The number of carbonyl (C=O) groups is 2. The summed E-state index contributed by atoms with van der Waals surface area (Å²) in [6, 6.07) is -0.726. The third-order valence-electron chi connectivity index (χ3n) is 3.49. The highest BCUT2D eigenvalue weighted by molar-refractivity contribution is 5.82. The summed E-state index contributed by atoms with van der Waals surface area (Å²) in [6.07, 6.45) is 0.955. The van der Waals surface area contributed by atoms with Crippen LogP contribution in [0.25, 0.3) is 0 Å². The largest absolute Gasteiger partial charge is 0.480 e. The molecule has 1 fully saturated rings. The number of carbonyl (C=O) groups excluding carboxylic acids is 1. The smallest absolute Gasteiger partial charge is 0.325 e. The van der Waals surface area contributed by atoms with Crippen LogP contribution in [0, 0.1) is 0 Å². The molecule has 18 heavy (non-hydrogen) atoms. The zero-order valence-electron chi connectivity index (χ0n) is 11.3. The lowest BCUT2D eigenvalue weighted by molar-refractivity contribution is -0.138. The molecule has 0 radical (unpaired) electrons. The van der Waals surface area contributed by atoms with Crippen LogP contribution in [0.15, 0.2) is 0 Å². The summed E-state index contributed by atoms with van der Waals surface area (Å²) in [5.74, 6) is -1.01. The van der Waals surface area contributed by atoms with Crippen molar-refractivity contribution in [2.24, 2.45) is 0 Å². The number of likely N-dealkylation sites (N-methyl/N-ethyl adjacent to an activating group) is 1. The van der Waals surface area contributed by atoms with Crippen molar-refractivity contribution in [2.45, 2.75) is 39.3 Å². The molecule has 0 aromatic carbocycles. The number of nitrogens with one attached hydrogen (secondary N) is 1. The minimum Gasteiger partial charge on any atom is -0.480 e. The Morgan fingerprint density at radius 2 is 2.06 bits per heavy atom. The number of carboxylic acid groups (broad SMARTS) is 1. The van der Waals surface area contributed by atoms with Gasteiger partial charge in [-0.2, -0.15) is 0 Å². The van der Waals surface area contributed by atoms with Gasteiger partial charge in [0.2, 0.25) is 0 Å². The number of urea groups is 1. The zero-order chi connectivity index (χ0) is 13.7. The minimum atomic E-state index is -1.01. The fourth-order valence-corrected chi connectivity index (χ4v) is 2.30. The number of likely N-dealkylation sites (tertiary alicyclic amines) is 1. The molecule has 1 rings (SSSR count). The van der Waals surface area contributed by atoms with Gasteiger partial charge in [-0.25, -0.2) is 4.79 Å². The molecule has 1 heterocycles. The van der Waals surface area contributed by atoms with Crippen LogP contribution in [0.4, 0.5) is 4.79 Å². The van der Waals surface area contributed by atoms with Gasteiger partial charge in [0.15, 0.2) is 0 Å². The van der Waals surface area contributed by atoms with Gasteiger partial charge in [0.1, 0.15) is 6.04 Å². The average molecular weight is 257 g/mol. The molecule has 1 aliphatic heterocycles. The first-order valence-electron chi connectivity index (χ1n) is 6.51. The maximum absolute atomic E-state index is 11.8. The van der Waals surface area contributed by atoms with Gasteiger partial charge in [0.05, 0.1) is 0 Å². The minimum absolute atomic E-state index is 0.278. The molecule has 104 valence electrons. The van der Waals surface area contributed by atoms with Gasteiger partial charge in [0, 0.05) is 19.1 Å². The Kier molecular flexibility index (Phi) is 5.40. The number of nitrogens with zero attached hydrogens (tertiary/aromatic N) is 2. The van der Waals surface area contributed by atoms with E-state index in [1.165, 1.54) is 6.92 Å². The molecule has 0 bridgehead atoms. The Labute approximate surface area is 108 Å². The van der Waals surface area contributed by atoms with Gasteiger partial charge in [-0.1, -0.05) is 13.8 Å². The second-order valence-electron chi connectivity index (χ2n) is 4.62. The van der Waals surface area contributed by atoms with E-state index < -0.39 is 12.0 Å². The predicted molar refractivity (Wildman–Crippen MR) is 68.5 cm³/mol. The highest BCUT2D eigenvalue weighted by atomic mass is 16.4. The van der Waals surface area contributed by atoms with E-state index in [1.807, 2.05) is 0 Å². The quantitative estimate of drug-likeness (QED) is 0.756. The van der Waals surface area contributed by atoms with Gasteiger partial charge in [-0.05, 0) is 26.4 Å². The predicted octanol–water partition coefficient (Wildman–Crippen LogP) is 0.585. The lowest BCUT2D eigenvalue weighted by Crippen LogP contribution is -2.47. The fraction of sp³-hybridized carbons (Fsp3) is 0.833. The Balaban J connectivity index is 2.46. The molecule has 0 aromatic rings. The van der Waals surface area contributed by atoms with Crippen LogP contribution in [0.2, 0.25) is 0 Å². The number of aliphatic carboxylic acids is 1. The van der Waals surface area contributed by atoms with E-state index in [4.69, 9.17) is 5.11 Å². The van der Waals surface area contributed by atoms with Crippen LogP contribution in [-0.4, -0.2) is 65.2 Å². The van der Waals surface area contributed by atoms with Crippen molar-refractivity contribution in [3.05, 3.63) is 0 Å². The number of hydrogen-bond acceptors (Lipinski definition) is 3. The van der Waals surface area contributed by atoms with Crippen molar-refractivity contribution >= 4 is 12.0 Å². The van der Waals surface area contributed by atoms with E-state index in [9.17, 15) is 9.59 Å². The highest BCUT2D eigenvalue weighted by Crippen LogP contribution is 2.15. The van der Waals surface area contributed by atoms with E-state index in [0.717, 1.165) is 19.5 Å². The molecule has 1 aliphatic rings. The van der Waals surface area contributed by atoms with Gasteiger partial charge in [-0.3, -0.25) is 9.69 Å². The van der Waals surface area contributed by atoms with Crippen LogP contribution in [0.3, 0.4) is 0 Å². The summed E-state index contributed by atoms with van der Waals surface area (Å²) in [6.45, 7) is 9.01. The molecule has 6 heteroatoms. The third-order valence-corrected chi connectivity index (χ3v) is 3.49. The van der Waals surface area contributed by atoms with Gasteiger partial charge in [0.25, 0.3) is 0 Å². The molecule has 1 unspecified atom stereocenters. The van der Waals surface area contributed by atoms with Crippen molar-refractivity contribution in [3.63, 3.8) is 0 Å². The SMILES string of the molecule is CCN(CC)C1CCN(C(=O)N[C@H](C)C(=O)O)C1. The summed E-state index contributed by atoms with van der Waals surface area (Å²) in [7, 11) is 0. The molecule has 2 N–H and O–H groups in total. The Morgan fingerprint density at radius 1 is 1.44 bits per heavy atom. The normalized spacial score (nSPS) is 21.1. The molecule has 2 atom stereocenters. The van der Waals surface area contributed by atoms with Crippen LogP contribution in [-0.2, 0) is 4.79 Å². The molecular weight excluding hydrogens is 234 g/mol. The summed E-state index contributed by atoms with van der Waals surface area (Å²) in [5, 5.41) is 11.2. The summed E-state index contributed by atoms with van der Waals surface area (Å²) >= 11 is 0. The second kappa shape index (κ2) is 6.58. The van der Waals surface area contributed by atoms with E-state index >= 15 is 0 Å². The number of rotatable bonds is 5. The first-order valence-corrected chi connectivity index (χ1v) is 6.51. The molecule has 0 aliphatic carbocycles. The van der Waals surface area contributed by atoms with Gasteiger partial charge in [-0.15, -0.1) is 0 Å². The fourth-order valence-electron chi connectivity index (χ4n) is 2.30. The average Bonchev–Trinajstić information content (AvgIpc) is 2.80. The Bertz CT molecular complexity index is 305. The van der Waals surface area contributed by atoms with Crippen molar-refractivity contribution in [1.29, 1.82) is 0 Å². The van der Waals surface area contributed by atoms with Crippen molar-refractivity contribution < 1.29 is 14.7 Å². The second-order valence-corrected chi connectivity index (χ2v) is 4.62. The maximum Gasteiger partial charge on any atom is 0.325 e.